The second-order valence-corrected chi connectivity index (χ2v) is 6.97. The molecule has 23 heavy (non-hydrogen) atoms. The smallest absolute Gasteiger partial charge is 0.206 e. The van der Waals surface area contributed by atoms with Crippen molar-refractivity contribution < 1.29 is 14.6 Å². The normalized spacial score (nSPS) is 12.2. The van der Waals surface area contributed by atoms with Gasteiger partial charge in [-0.05, 0) is 29.8 Å². The van der Waals surface area contributed by atoms with E-state index in [2.05, 4.69) is 15.5 Å². The summed E-state index contributed by atoms with van der Waals surface area (Å²) in [5.74, 6) is 1.49. The molecule has 8 heteroatoms. The van der Waals surface area contributed by atoms with E-state index in [1.54, 1.807) is 30.5 Å². The molecule has 0 aliphatic rings. The summed E-state index contributed by atoms with van der Waals surface area (Å²) in [4.78, 5) is 0. The molecule has 1 aromatic carbocycles. The maximum Gasteiger partial charge on any atom is 0.206 e. The number of aliphatic hydroxyl groups excluding tert-OH is 1. The van der Waals surface area contributed by atoms with Crippen LogP contribution in [0.15, 0.2) is 51.4 Å². The van der Waals surface area contributed by atoms with Gasteiger partial charge in [0.1, 0.15) is 11.5 Å². The number of hydrogen-bond donors (Lipinski definition) is 3. The summed E-state index contributed by atoms with van der Waals surface area (Å²) < 4.78 is 6.02. The number of aromatic nitrogens is 2. The lowest BCUT2D eigenvalue weighted by Crippen LogP contribution is -1.99. The van der Waals surface area contributed by atoms with Crippen molar-refractivity contribution >= 4 is 28.2 Å². The van der Waals surface area contributed by atoms with E-state index in [4.69, 9.17) is 4.42 Å². The van der Waals surface area contributed by atoms with E-state index < -0.39 is 6.10 Å². The molecule has 0 spiro atoms. The quantitative estimate of drug-likeness (QED) is 0.564. The third-order valence-corrected chi connectivity index (χ3v) is 5.13. The Balaban J connectivity index is 1.49. The first-order chi connectivity index (χ1) is 11.2. The van der Waals surface area contributed by atoms with E-state index in [9.17, 15) is 10.2 Å². The average Bonchev–Trinajstić information content (AvgIpc) is 3.23. The van der Waals surface area contributed by atoms with Crippen LogP contribution in [0, 0.1) is 0 Å². The van der Waals surface area contributed by atoms with Gasteiger partial charge in [0.25, 0.3) is 0 Å². The summed E-state index contributed by atoms with van der Waals surface area (Å²) in [6.07, 6.45) is 1.01. The Kier molecular flexibility index (Phi) is 5.16. The topological polar surface area (TPSA) is 91.4 Å². The van der Waals surface area contributed by atoms with Crippen molar-refractivity contribution in [3.8, 4) is 5.75 Å². The van der Waals surface area contributed by atoms with Crippen molar-refractivity contribution in [2.45, 2.75) is 17.0 Å². The van der Waals surface area contributed by atoms with E-state index in [1.165, 1.54) is 23.1 Å². The van der Waals surface area contributed by atoms with Gasteiger partial charge in [-0.1, -0.05) is 35.2 Å². The van der Waals surface area contributed by atoms with Crippen molar-refractivity contribution in [2.75, 3.05) is 11.1 Å². The molecule has 3 rings (SSSR count). The zero-order chi connectivity index (χ0) is 16.1. The van der Waals surface area contributed by atoms with E-state index in [0.29, 0.717) is 17.4 Å². The zero-order valence-electron chi connectivity index (χ0n) is 12.0. The molecule has 0 bridgehead atoms. The number of hydrogen-bond acceptors (Lipinski definition) is 8. The van der Waals surface area contributed by atoms with Crippen LogP contribution >= 0.6 is 23.1 Å². The highest BCUT2D eigenvalue weighted by atomic mass is 32.2. The van der Waals surface area contributed by atoms with Gasteiger partial charge in [-0.3, -0.25) is 0 Å². The molecule has 1 atom stereocenters. The molecule has 3 aromatic rings. The highest BCUT2D eigenvalue weighted by molar-refractivity contribution is 8.01. The van der Waals surface area contributed by atoms with Crippen molar-refractivity contribution in [3.05, 3.63) is 54.0 Å². The number of phenols is 1. The maximum atomic E-state index is 10.1. The summed E-state index contributed by atoms with van der Waals surface area (Å²) >= 11 is 2.87. The highest BCUT2D eigenvalue weighted by Crippen LogP contribution is 2.29. The number of aromatic hydroxyl groups is 1. The van der Waals surface area contributed by atoms with Gasteiger partial charge >= 0.3 is 0 Å². The Morgan fingerprint density at radius 2 is 2.04 bits per heavy atom. The Morgan fingerprint density at radius 1 is 1.22 bits per heavy atom. The minimum atomic E-state index is -0.621. The summed E-state index contributed by atoms with van der Waals surface area (Å²) in [6, 6.07) is 10.3. The maximum absolute atomic E-state index is 10.1. The predicted octanol–water partition coefficient (Wildman–Crippen LogP) is 3.27. The third kappa shape index (κ3) is 4.47. The number of thioether (sulfide) groups is 1. The lowest BCUT2D eigenvalue weighted by molar-refractivity contribution is 0.204. The molecule has 6 nitrogen and oxygen atoms in total. The molecule has 3 N–H and O–H groups in total. The van der Waals surface area contributed by atoms with Gasteiger partial charge in [0, 0.05) is 5.75 Å². The standard InChI is InChI=1S/C15H15N3O3S2/c19-11-5-3-10(4-6-11)13(20)9-22-15-18-17-14(23-15)16-8-12-2-1-7-21-12/h1-7,13,19-20H,8-9H2,(H,16,17)/t13-/m1/s1. The summed E-state index contributed by atoms with van der Waals surface area (Å²) in [5, 5.41) is 31.4. The Hall–Kier alpha value is -2.03. The van der Waals surface area contributed by atoms with E-state index in [-0.39, 0.29) is 5.75 Å². The minimum Gasteiger partial charge on any atom is -0.508 e. The van der Waals surface area contributed by atoms with Gasteiger partial charge in [0.05, 0.1) is 18.9 Å². The molecule has 2 heterocycles. The second kappa shape index (κ2) is 7.49. The number of nitrogens with zero attached hydrogens (tertiary/aromatic N) is 2. The number of nitrogens with one attached hydrogen (secondary N) is 1. The van der Waals surface area contributed by atoms with Crippen molar-refractivity contribution in [3.63, 3.8) is 0 Å². The fraction of sp³-hybridized carbons (Fsp3) is 0.200. The molecule has 0 unspecified atom stereocenters. The predicted molar refractivity (Wildman–Crippen MR) is 89.7 cm³/mol. The summed E-state index contributed by atoms with van der Waals surface area (Å²) in [6.45, 7) is 0.558. The highest BCUT2D eigenvalue weighted by Gasteiger charge is 2.11. The molecule has 2 aromatic heterocycles. The number of furan rings is 1. The molecule has 0 aliphatic carbocycles. The van der Waals surface area contributed by atoms with Crippen molar-refractivity contribution in [1.82, 2.24) is 10.2 Å². The number of anilines is 1. The average molecular weight is 349 g/mol. The van der Waals surface area contributed by atoms with Gasteiger partial charge in [-0.2, -0.15) is 0 Å². The summed E-state index contributed by atoms with van der Waals surface area (Å²) in [5.41, 5.74) is 0.760. The SMILES string of the molecule is Oc1ccc([C@H](O)CSc2nnc(NCc3ccco3)s2)cc1. The van der Waals surface area contributed by atoms with Crippen LogP contribution in [0.3, 0.4) is 0 Å². The third-order valence-electron chi connectivity index (χ3n) is 3.04. The van der Waals surface area contributed by atoms with Crippen LogP contribution in [0.25, 0.3) is 0 Å². The molecule has 0 radical (unpaired) electrons. The van der Waals surface area contributed by atoms with E-state index >= 15 is 0 Å². The van der Waals surface area contributed by atoms with Crippen LogP contribution in [0.1, 0.15) is 17.4 Å². The largest absolute Gasteiger partial charge is 0.508 e. The molecule has 0 aliphatic heterocycles. The van der Waals surface area contributed by atoms with Crippen molar-refractivity contribution in [1.29, 1.82) is 0 Å². The molecular formula is C15H15N3O3S2. The molecule has 0 amide bonds. The fourth-order valence-corrected chi connectivity index (χ4v) is 3.60. The minimum absolute atomic E-state index is 0.185. The summed E-state index contributed by atoms with van der Waals surface area (Å²) in [7, 11) is 0. The first kappa shape index (κ1) is 15.9. The molecule has 0 saturated carbocycles. The van der Waals surface area contributed by atoms with E-state index in [1.807, 2.05) is 12.1 Å². The first-order valence-corrected chi connectivity index (χ1v) is 8.70. The van der Waals surface area contributed by atoms with Crippen LogP contribution in [0.4, 0.5) is 5.13 Å². The lowest BCUT2D eigenvalue weighted by atomic mass is 10.1. The van der Waals surface area contributed by atoms with Gasteiger partial charge in [0.15, 0.2) is 4.34 Å². The molecule has 0 saturated heterocycles. The van der Waals surface area contributed by atoms with Crippen LogP contribution in [0.5, 0.6) is 5.75 Å². The zero-order valence-corrected chi connectivity index (χ0v) is 13.7. The Labute approximate surface area is 141 Å². The molecule has 0 fully saturated rings. The number of phenolic OH excluding ortho intramolecular Hbond substituents is 1. The van der Waals surface area contributed by atoms with Crippen LogP contribution in [0.2, 0.25) is 0 Å². The Bertz CT molecular complexity index is 729. The molecule has 120 valence electrons. The van der Waals surface area contributed by atoms with Crippen LogP contribution < -0.4 is 5.32 Å². The Morgan fingerprint density at radius 3 is 2.78 bits per heavy atom. The second-order valence-electron chi connectivity index (χ2n) is 4.72. The monoisotopic (exact) mass is 349 g/mol. The van der Waals surface area contributed by atoms with Crippen LogP contribution in [-0.2, 0) is 6.54 Å². The van der Waals surface area contributed by atoms with Gasteiger partial charge < -0.3 is 19.9 Å². The number of rotatable bonds is 7. The van der Waals surface area contributed by atoms with Crippen molar-refractivity contribution in [2.24, 2.45) is 0 Å². The fourth-order valence-electron chi connectivity index (χ4n) is 1.86. The van der Waals surface area contributed by atoms with Gasteiger partial charge in [0.2, 0.25) is 5.13 Å². The lowest BCUT2D eigenvalue weighted by Gasteiger charge is -2.09. The molecular weight excluding hydrogens is 334 g/mol. The van der Waals surface area contributed by atoms with E-state index in [0.717, 1.165) is 15.7 Å². The van der Waals surface area contributed by atoms with Gasteiger partial charge in [-0.15, -0.1) is 10.2 Å². The number of benzene rings is 1. The van der Waals surface area contributed by atoms with Gasteiger partial charge in [-0.25, -0.2) is 0 Å². The number of aliphatic hydroxyl groups is 1. The first-order valence-electron chi connectivity index (χ1n) is 6.90. The van der Waals surface area contributed by atoms with Crippen LogP contribution in [-0.4, -0.2) is 26.2 Å².